The van der Waals surface area contributed by atoms with Crippen molar-refractivity contribution in [1.29, 1.82) is 0 Å². The molecule has 0 fully saturated rings. The van der Waals surface area contributed by atoms with Crippen molar-refractivity contribution in [3.63, 3.8) is 0 Å². The standard InChI is InChI=1S/C13H19NOS/c1-10(9-15)14-12-6-4-8-16-13-7-3-2-5-11(12)13/h2-3,5,7,10,12,14-15H,4,6,8-9H2,1H3/t10-,12?/m1/s1. The molecule has 0 spiro atoms. The molecule has 16 heavy (non-hydrogen) atoms. The number of thioether (sulfide) groups is 1. The van der Waals surface area contributed by atoms with Crippen molar-refractivity contribution >= 4 is 11.8 Å². The smallest absolute Gasteiger partial charge is 0.0582 e. The zero-order valence-electron chi connectivity index (χ0n) is 9.65. The maximum Gasteiger partial charge on any atom is 0.0582 e. The molecule has 0 radical (unpaired) electrons. The molecule has 1 aromatic carbocycles. The highest BCUT2D eigenvalue weighted by atomic mass is 32.2. The third kappa shape index (κ3) is 2.78. The number of nitrogens with one attached hydrogen (secondary N) is 1. The molecule has 2 N–H and O–H groups in total. The van der Waals surface area contributed by atoms with Crippen LogP contribution < -0.4 is 5.32 Å². The van der Waals surface area contributed by atoms with Crippen LogP contribution in [0.1, 0.15) is 31.4 Å². The van der Waals surface area contributed by atoms with Crippen LogP contribution in [0, 0.1) is 0 Å². The van der Waals surface area contributed by atoms with E-state index in [-0.39, 0.29) is 12.6 Å². The number of aliphatic hydroxyl groups is 1. The Balaban J connectivity index is 2.19. The van der Waals surface area contributed by atoms with E-state index in [0.717, 1.165) is 6.42 Å². The third-order valence-electron chi connectivity index (χ3n) is 2.95. The van der Waals surface area contributed by atoms with Gasteiger partial charge in [-0.3, -0.25) is 0 Å². The van der Waals surface area contributed by atoms with Crippen LogP contribution in [0.2, 0.25) is 0 Å². The van der Waals surface area contributed by atoms with Crippen LogP contribution in [0.3, 0.4) is 0 Å². The normalized spacial score (nSPS) is 22.2. The molecule has 1 aliphatic rings. The zero-order chi connectivity index (χ0) is 11.4. The molecule has 1 unspecified atom stereocenters. The number of fused-ring (bicyclic) bond motifs is 1. The lowest BCUT2D eigenvalue weighted by Gasteiger charge is -2.22. The lowest BCUT2D eigenvalue weighted by Crippen LogP contribution is -2.33. The van der Waals surface area contributed by atoms with Gasteiger partial charge in [0.15, 0.2) is 0 Å². The monoisotopic (exact) mass is 237 g/mol. The van der Waals surface area contributed by atoms with Crippen molar-refractivity contribution in [1.82, 2.24) is 5.32 Å². The highest BCUT2D eigenvalue weighted by Crippen LogP contribution is 2.34. The Morgan fingerprint density at radius 1 is 1.50 bits per heavy atom. The van der Waals surface area contributed by atoms with Gasteiger partial charge in [0.2, 0.25) is 0 Å². The van der Waals surface area contributed by atoms with Crippen LogP contribution in [-0.4, -0.2) is 23.5 Å². The summed E-state index contributed by atoms with van der Waals surface area (Å²) in [5.74, 6) is 1.20. The maximum absolute atomic E-state index is 9.12. The van der Waals surface area contributed by atoms with E-state index in [1.54, 1.807) is 0 Å². The van der Waals surface area contributed by atoms with E-state index in [1.165, 1.54) is 22.6 Å². The quantitative estimate of drug-likeness (QED) is 0.847. The summed E-state index contributed by atoms with van der Waals surface area (Å²) in [5, 5.41) is 12.6. The summed E-state index contributed by atoms with van der Waals surface area (Å²) in [6.07, 6.45) is 2.39. The highest BCUT2D eigenvalue weighted by Gasteiger charge is 2.19. The molecule has 2 nitrogen and oxygen atoms in total. The number of aliphatic hydroxyl groups excluding tert-OH is 1. The van der Waals surface area contributed by atoms with Gasteiger partial charge in [0.25, 0.3) is 0 Å². The summed E-state index contributed by atoms with van der Waals surface area (Å²) in [5.41, 5.74) is 1.39. The van der Waals surface area contributed by atoms with E-state index in [1.807, 2.05) is 18.7 Å². The van der Waals surface area contributed by atoms with Gasteiger partial charge in [0, 0.05) is 17.0 Å². The second-order valence-corrected chi connectivity index (χ2v) is 5.47. The first-order chi connectivity index (χ1) is 7.81. The Kier molecular flexibility index (Phi) is 4.27. The van der Waals surface area contributed by atoms with Crippen LogP contribution in [0.25, 0.3) is 0 Å². The lowest BCUT2D eigenvalue weighted by molar-refractivity contribution is 0.238. The minimum absolute atomic E-state index is 0.168. The Morgan fingerprint density at radius 2 is 2.31 bits per heavy atom. The average molecular weight is 237 g/mol. The van der Waals surface area contributed by atoms with Gasteiger partial charge in [-0.15, -0.1) is 11.8 Å². The topological polar surface area (TPSA) is 32.3 Å². The summed E-state index contributed by atoms with van der Waals surface area (Å²) in [7, 11) is 0. The molecule has 0 bridgehead atoms. The Bertz CT molecular complexity index is 342. The average Bonchev–Trinajstić information content (AvgIpc) is 2.52. The lowest BCUT2D eigenvalue weighted by atomic mass is 10.0. The molecule has 0 aliphatic carbocycles. The third-order valence-corrected chi connectivity index (χ3v) is 4.12. The van der Waals surface area contributed by atoms with Gasteiger partial charge in [-0.2, -0.15) is 0 Å². The van der Waals surface area contributed by atoms with Gasteiger partial charge in [-0.25, -0.2) is 0 Å². The van der Waals surface area contributed by atoms with Gasteiger partial charge < -0.3 is 10.4 Å². The summed E-state index contributed by atoms with van der Waals surface area (Å²) in [6, 6.07) is 9.17. The Labute approximate surface area is 101 Å². The molecule has 3 heteroatoms. The fraction of sp³-hybridized carbons (Fsp3) is 0.538. The number of hydrogen-bond acceptors (Lipinski definition) is 3. The van der Waals surface area contributed by atoms with Crippen molar-refractivity contribution < 1.29 is 5.11 Å². The second kappa shape index (κ2) is 5.71. The molecule has 2 atom stereocenters. The predicted molar refractivity (Wildman–Crippen MR) is 68.8 cm³/mol. The van der Waals surface area contributed by atoms with E-state index >= 15 is 0 Å². The molecular weight excluding hydrogens is 218 g/mol. The predicted octanol–water partition coefficient (Wildman–Crippen LogP) is 2.58. The number of benzene rings is 1. The van der Waals surface area contributed by atoms with Crippen LogP contribution in [-0.2, 0) is 0 Å². The molecule has 1 heterocycles. The molecule has 88 valence electrons. The van der Waals surface area contributed by atoms with Crippen LogP contribution in [0.15, 0.2) is 29.2 Å². The van der Waals surface area contributed by atoms with Crippen molar-refractivity contribution in [2.24, 2.45) is 0 Å². The molecular formula is C13H19NOS. The number of hydrogen-bond donors (Lipinski definition) is 2. The molecule has 0 saturated carbocycles. The second-order valence-electron chi connectivity index (χ2n) is 4.33. The first-order valence-corrected chi connectivity index (χ1v) is 6.88. The van der Waals surface area contributed by atoms with Crippen molar-refractivity contribution in [2.45, 2.75) is 36.7 Å². The number of rotatable bonds is 3. The van der Waals surface area contributed by atoms with Gasteiger partial charge in [0.05, 0.1) is 6.61 Å². The van der Waals surface area contributed by atoms with Gasteiger partial charge in [0.1, 0.15) is 0 Å². The van der Waals surface area contributed by atoms with Crippen LogP contribution in [0.4, 0.5) is 0 Å². The maximum atomic E-state index is 9.12. The van der Waals surface area contributed by atoms with Gasteiger partial charge in [-0.05, 0) is 37.1 Å². The Morgan fingerprint density at radius 3 is 3.12 bits per heavy atom. The molecule has 1 aliphatic heterocycles. The van der Waals surface area contributed by atoms with E-state index in [4.69, 9.17) is 5.11 Å². The SMILES string of the molecule is C[C@H](CO)NC1CCCSc2ccccc21. The van der Waals surface area contributed by atoms with Crippen molar-refractivity contribution in [3.8, 4) is 0 Å². The minimum Gasteiger partial charge on any atom is -0.395 e. The van der Waals surface area contributed by atoms with E-state index < -0.39 is 0 Å². The molecule has 0 amide bonds. The molecule has 0 saturated heterocycles. The van der Waals surface area contributed by atoms with Crippen molar-refractivity contribution in [3.05, 3.63) is 29.8 Å². The van der Waals surface area contributed by atoms with Crippen LogP contribution >= 0.6 is 11.8 Å². The fourth-order valence-electron chi connectivity index (χ4n) is 2.09. The molecule has 1 aromatic rings. The summed E-state index contributed by atoms with van der Waals surface area (Å²) < 4.78 is 0. The van der Waals surface area contributed by atoms with E-state index in [9.17, 15) is 0 Å². The largest absolute Gasteiger partial charge is 0.395 e. The summed E-state index contributed by atoms with van der Waals surface area (Å²) in [4.78, 5) is 1.39. The highest BCUT2D eigenvalue weighted by molar-refractivity contribution is 7.99. The van der Waals surface area contributed by atoms with E-state index in [0.29, 0.717) is 6.04 Å². The minimum atomic E-state index is 0.168. The first kappa shape index (κ1) is 12.0. The van der Waals surface area contributed by atoms with Gasteiger partial charge >= 0.3 is 0 Å². The molecule has 0 aromatic heterocycles. The fourth-order valence-corrected chi connectivity index (χ4v) is 3.18. The zero-order valence-corrected chi connectivity index (χ0v) is 10.5. The summed E-state index contributed by atoms with van der Waals surface area (Å²) >= 11 is 1.95. The first-order valence-electron chi connectivity index (χ1n) is 5.90. The van der Waals surface area contributed by atoms with E-state index in [2.05, 4.69) is 29.6 Å². The molecule has 2 rings (SSSR count). The van der Waals surface area contributed by atoms with Crippen molar-refractivity contribution in [2.75, 3.05) is 12.4 Å². The van der Waals surface area contributed by atoms with Crippen LogP contribution in [0.5, 0.6) is 0 Å². The Hall–Kier alpha value is -0.510. The van der Waals surface area contributed by atoms with Gasteiger partial charge in [-0.1, -0.05) is 18.2 Å². The summed E-state index contributed by atoms with van der Waals surface area (Å²) in [6.45, 7) is 2.23.